The monoisotopic (exact) mass is 359 g/mol. The normalized spacial score (nSPS) is 15.0. The summed E-state index contributed by atoms with van der Waals surface area (Å²) >= 11 is 3.44. The average molecular weight is 360 g/mol. The molecule has 0 unspecified atom stereocenters. The first-order valence-corrected chi connectivity index (χ1v) is 8.16. The van der Waals surface area contributed by atoms with Crippen LogP contribution in [0.1, 0.15) is 15.9 Å². The van der Waals surface area contributed by atoms with E-state index in [9.17, 15) is 4.79 Å². The topological polar surface area (TPSA) is 36.4 Å². The zero-order chi connectivity index (χ0) is 15.5. The van der Waals surface area contributed by atoms with Crippen LogP contribution in [0, 0.1) is 6.92 Å². The third-order valence-electron chi connectivity index (χ3n) is 3.96. The highest BCUT2D eigenvalue weighted by Crippen LogP contribution is 2.19. The molecule has 1 aliphatic heterocycles. The van der Waals surface area contributed by atoms with E-state index in [1.807, 2.05) is 48.2 Å². The van der Waals surface area contributed by atoms with E-state index in [0.717, 1.165) is 47.6 Å². The Labute approximate surface area is 138 Å². The van der Waals surface area contributed by atoms with Crippen LogP contribution in [0.15, 0.2) is 47.1 Å². The number of hydrogen-bond donors (Lipinski definition) is 0. The highest BCUT2D eigenvalue weighted by molar-refractivity contribution is 9.10. The van der Waals surface area contributed by atoms with Crippen molar-refractivity contribution in [2.45, 2.75) is 6.92 Å². The number of halogens is 1. The first-order valence-electron chi connectivity index (χ1n) is 7.36. The minimum Gasteiger partial charge on any atom is -0.353 e. The highest BCUT2D eigenvalue weighted by atomic mass is 79.9. The summed E-state index contributed by atoms with van der Waals surface area (Å²) in [6.07, 6.45) is 1.80. The van der Waals surface area contributed by atoms with Crippen LogP contribution >= 0.6 is 15.9 Å². The number of aromatic nitrogens is 1. The molecule has 0 aliphatic carbocycles. The van der Waals surface area contributed by atoms with Crippen LogP contribution in [0.3, 0.4) is 0 Å². The lowest BCUT2D eigenvalue weighted by molar-refractivity contribution is 0.0746. The number of rotatable bonds is 2. The Bertz CT molecular complexity index is 667. The maximum atomic E-state index is 12.7. The summed E-state index contributed by atoms with van der Waals surface area (Å²) in [7, 11) is 0. The van der Waals surface area contributed by atoms with Crippen molar-refractivity contribution in [1.82, 2.24) is 9.88 Å². The van der Waals surface area contributed by atoms with E-state index in [4.69, 9.17) is 0 Å². The number of carbonyl (C=O) groups excluding carboxylic acids is 1. The molecule has 0 saturated carbocycles. The lowest BCUT2D eigenvalue weighted by atomic mass is 10.1. The largest absolute Gasteiger partial charge is 0.353 e. The van der Waals surface area contributed by atoms with Gasteiger partial charge < -0.3 is 9.80 Å². The van der Waals surface area contributed by atoms with Gasteiger partial charge in [-0.2, -0.15) is 0 Å². The predicted molar refractivity (Wildman–Crippen MR) is 91.2 cm³/mol. The molecule has 5 heteroatoms. The first-order chi connectivity index (χ1) is 10.6. The molecule has 2 heterocycles. The van der Waals surface area contributed by atoms with E-state index in [0.29, 0.717) is 0 Å². The molecule has 22 heavy (non-hydrogen) atoms. The SMILES string of the molecule is Cc1cc(Br)ccc1C(=O)N1CCN(c2ccccn2)CC1. The summed E-state index contributed by atoms with van der Waals surface area (Å²) in [5.74, 6) is 1.10. The molecule has 0 spiro atoms. The van der Waals surface area contributed by atoms with Crippen molar-refractivity contribution in [3.63, 3.8) is 0 Å². The molecule has 0 bridgehead atoms. The fourth-order valence-electron chi connectivity index (χ4n) is 2.72. The fraction of sp³-hybridized carbons (Fsp3) is 0.294. The van der Waals surface area contributed by atoms with Crippen molar-refractivity contribution in [3.8, 4) is 0 Å². The summed E-state index contributed by atoms with van der Waals surface area (Å²) in [5, 5.41) is 0. The van der Waals surface area contributed by atoms with Crippen LogP contribution in [0.25, 0.3) is 0 Å². The first kappa shape index (κ1) is 15.0. The summed E-state index contributed by atoms with van der Waals surface area (Å²) in [6, 6.07) is 11.7. The molecular weight excluding hydrogens is 342 g/mol. The molecule has 1 aliphatic rings. The lowest BCUT2D eigenvalue weighted by Crippen LogP contribution is -2.49. The van der Waals surface area contributed by atoms with E-state index in [1.165, 1.54) is 0 Å². The van der Waals surface area contributed by atoms with Gasteiger partial charge in [-0.25, -0.2) is 4.98 Å². The molecule has 4 nitrogen and oxygen atoms in total. The van der Waals surface area contributed by atoms with E-state index < -0.39 is 0 Å². The number of hydrogen-bond acceptors (Lipinski definition) is 3. The van der Waals surface area contributed by atoms with E-state index in [1.54, 1.807) is 6.20 Å². The van der Waals surface area contributed by atoms with Gasteiger partial charge in [0.15, 0.2) is 0 Å². The van der Waals surface area contributed by atoms with Crippen molar-refractivity contribution >= 4 is 27.7 Å². The van der Waals surface area contributed by atoms with Gasteiger partial charge in [-0.3, -0.25) is 4.79 Å². The van der Waals surface area contributed by atoms with Gasteiger partial charge in [-0.1, -0.05) is 22.0 Å². The van der Waals surface area contributed by atoms with E-state index in [-0.39, 0.29) is 5.91 Å². The quantitative estimate of drug-likeness (QED) is 0.826. The smallest absolute Gasteiger partial charge is 0.254 e. The number of amides is 1. The highest BCUT2D eigenvalue weighted by Gasteiger charge is 2.23. The zero-order valence-corrected chi connectivity index (χ0v) is 14.1. The van der Waals surface area contributed by atoms with Crippen LogP contribution in [0.5, 0.6) is 0 Å². The maximum absolute atomic E-state index is 12.7. The zero-order valence-electron chi connectivity index (χ0n) is 12.5. The van der Waals surface area contributed by atoms with Gasteiger partial charge >= 0.3 is 0 Å². The van der Waals surface area contributed by atoms with Crippen LogP contribution in [-0.4, -0.2) is 42.0 Å². The molecule has 1 saturated heterocycles. The Morgan fingerprint density at radius 1 is 1.14 bits per heavy atom. The van der Waals surface area contributed by atoms with Crippen molar-refractivity contribution in [3.05, 3.63) is 58.2 Å². The molecule has 1 amide bonds. The van der Waals surface area contributed by atoms with E-state index >= 15 is 0 Å². The number of piperazine rings is 1. The Hall–Kier alpha value is -1.88. The van der Waals surface area contributed by atoms with Crippen LogP contribution in [0.4, 0.5) is 5.82 Å². The molecule has 3 rings (SSSR count). The molecule has 0 atom stereocenters. The second-order valence-corrected chi connectivity index (χ2v) is 6.34. The van der Waals surface area contributed by atoms with Crippen LogP contribution in [-0.2, 0) is 0 Å². The third-order valence-corrected chi connectivity index (χ3v) is 4.45. The predicted octanol–water partition coefficient (Wildman–Crippen LogP) is 3.11. The molecule has 114 valence electrons. The molecule has 1 aromatic heterocycles. The number of carbonyl (C=O) groups is 1. The van der Waals surface area contributed by atoms with Gasteiger partial charge in [0.1, 0.15) is 5.82 Å². The van der Waals surface area contributed by atoms with Gasteiger partial charge in [0.2, 0.25) is 0 Å². The third kappa shape index (κ3) is 3.14. The Balaban J connectivity index is 1.67. The van der Waals surface area contributed by atoms with Crippen LogP contribution in [0.2, 0.25) is 0 Å². The molecule has 1 aromatic carbocycles. The minimum absolute atomic E-state index is 0.116. The number of nitrogens with zero attached hydrogens (tertiary/aromatic N) is 3. The summed E-state index contributed by atoms with van der Waals surface area (Å²) in [4.78, 5) is 21.2. The number of pyridine rings is 1. The van der Waals surface area contributed by atoms with Gasteiger partial charge in [0.05, 0.1) is 0 Å². The van der Waals surface area contributed by atoms with Gasteiger partial charge in [-0.05, 0) is 42.8 Å². The van der Waals surface area contributed by atoms with Crippen LogP contribution < -0.4 is 4.90 Å². The fourth-order valence-corrected chi connectivity index (χ4v) is 3.19. The lowest BCUT2D eigenvalue weighted by Gasteiger charge is -2.35. The molecule has 2 aromatic rings. The summed E-state index contributed by atoms with van der Waals surface area (Å²) in [5.41, 5.74) is 1.79. The second-order valence-electron chi connectivity index (χ2n) is 5.43. The Morgan fingerprint density at radius 2 is 1.91 bits per heavy atom. The molecule has 0 radical (unpaired) electrons. The molecule has 1 fully saturated rings. The number of aryl methyl sites for hydroxylation is 1. The Morgan fingerprint density at radius 3 is 2.55 bits per heavy atom. The van der Waals surface area contributed by atoms with Crippen molar-refractivity contribution in [2.24, 2.45) is 0 Å². The van der Waals surface area contributed by atoms with Crippen molar-refractivity contribution in [1.29, 1.82) is 0 Å². The second kappa shape index (κ2) is 6.48. The maximum Gasteiger partial charge on any atom is 0.254 e. The molecular formula is C17H18BrN3O. The minimum atomic E-state index is 0.116. The standard InChI is InChI=1S/C17H18BrN3O/c1-13-12-14(18)5-6-15(13)17(22)21-10-8-20(9-11-21)16-4-2-3-7-19-16/h2-7,12H,8-11H2,1H3. The van der Waals surface area contributed by atoms with Gasteiger partial charge in [0, 0.05) is 42.4 Å². The summed E-state index contributed by atoms with van der Waals surface area (Å²) < 4.78 is 1.00. The van der Waals surface area contributed by atoms with Crippen molar-refractivity contribution < 1.29 is 4.79 Å². The number of benzene rings is 1. The molecule has 0 N–H and O–H groups in total. The summed E-state index contributed by atoms with van der Waals surface area (Å²) in [6.45, 7) is 5.06. The Kier molecular flexibility index (Phi) is 4.43. The van der Waals surface area contributed by atoms with Gasteiger partial charge in [0.25, 0.3) is 5.91 Å². The van der Waals surface area contributed by atoms with E-state index in [2.05, 4.69) is 25.8 Å². The van der Waals surface area contributed by atoms with Gasteiger partial charge in [-0.15, -0.1) is 0 Å². The average Bonchev–Trinajstić information content (AvgIpc) is 2.55. The number of anilines is 1. The van der Waals surface area contributed by atoms with Crippen molar-refractivity contribution in [2.75, 3.05) is 31.1 Å².